The highest BCUT2D eigenvalue weighted by atomic mass is 32.2. The summed E-state index contributed by atoms with van der Waals surface area (Å²) < 4.78 is 5.50. The molecule has 132 valence electrons. The van der Waals surface area contributed by atoms with Gasteiger partial charge in [-0.2, -0.15) is 0 Å². The molecule has 4 N–H and O–H groups in total. The Labute approximate surface area is 152 Å². The molecule has 0 bridgehead atoms. The predicted molar refractivity (Wildman–Crippen MR) is 103 cm³/mol. The zero-order valence-corrected chi connectivity index (χ0v) is 15.1. The van der Waals surface area contributed by atoms with Gasteiger partial charge in [-0.25, -0.2) is 0 Å². The number of ether oxygens (including phenoxy) is 1. The van der Waals surface area contributed by atoms with Crippen molar-refractivity contribution in [3.63, 3.8) is 0 Å². The minimum Gasteiger partial charge on any atom is -0.495 e. The Bertz CT molecular complexity index is 760. The van der Waals surface area contributed by atoms with Crippen LogP contribution in [0.15, 0.2) is 53.2 Å². The zero-order valence-electron chi connectivity index (χ0n) is 14.3. The summed E-state index contributed by atoms with van der Waals surface area (Å²) >= 11 is 1.64. The highest BCUT2D eigenvalue weighted by molar-refractivity contribution is 8.04. The summed E-state index contributed by atoms with van der Waals surface area (Å²) in [6.07, 6.45) is 12.0. The maximum Gasteiger partial charge on any atom is 0.136 e. The number of hydrogen-bond acceptors (Lipinski definition) is 7. The molecule has 0 amide bonds. The fourth-order valence-corrected chi connectivity index (χ4v) is 4.48. The van der Waals surface area contributed by atoms with E-state index in [0.717, 1.165) is 53.7 Å². The number of thioether (sulfide) groups is 1. The Morgan fingerprint density at radius 2 is 2.20 bits per heavy atom. The van der Waals surface area contributed by atoms with E-state index in [1.54, 1.807) is 18.9 Å². The predicted octanol–water partition coefficient (Wildman–Crippen LogP) is 2.12. The van der Waals surface area contributed by atoms with Gasteiger partial charge in [0.25, 0.3) is 0 Å². The molecule has 0 radical (unpaired) electrons. The third kappa shape index (κ3) is 3.15. The highest BCUT2D eigenvalue weighted by Crippen LogP contribution is 2.44. The van der Waals surface area contributed by atoms with Crippen LogP contribution in [0.2, 0.25) is 0 Å². The lowest BCUT2D eigenvalue weighted by Crippen LogP contribution is -2.43. The van der Waals surface area contributed by atoms with Crippen molar-refractivity contribution in [1.29, 1.82) is 0 Å². The van der Waals surface area contributed by atoms with Gasteiger partial charge in [0.05, 0.1) is 42.0 Å². The van der Waals surface area contributed by atoms with E-state index in [0.29, 0.717) is 0 Å². The number of allylic oxidation sites excluding steroid dienone is 1. The first kappa shape index (κ1) is 16.5. The second kappa shape index (κ2) is 6.74. The minimum absolute atomic E-state index is 0.0445. The number of rotatable bonds is 3. The van der Waals surface area contributed by atoms with Gasteiger partial charge < -0.3 is 26.0 Å². The second-order valence-electron chi connectivity index (χ2n) is 6.46. The van der Waals surface area contributed by atoms with Crippen molar-refractivity contribution in [2.45, 2.75) is 24.3 Å². The first-order valence-corrected chi connectivity index (χ1v) is 9.39. The number of hydrogen-bond donors (Lipinski definition) is 2. The summed E-state index contributed by atoms with van der Waals surface area (Å²) in [5, 5.41) is -0.0445. The molecule has 3 aliphatic heterocycles. The molecule has 1 saturated heterocycles. The molecule has 1 aromatic rings. The molecular weight excluding hydrogens is 334 g/mol. The topological polar surface area (TPSA) is 80.6 Å². The Kier molecular flexibility index (Phi) is 4.45. The van der Waals surface area contributed by atoms with Gasteiger partial charge in [-0.05, 0) is 31.1 Å². The lowest BCUT2D eigenvalue weighted by molar-refractivity contribution is 0.304. The molecule has 0 spiro atoms. The minimum atomic E-state index is -0.0445. The molecule has 7 heteroatoms. The molecule has 1 fully saturated rings. The maximum absolute atomic E-state index is 6.20. The lowest BCUT2D eigenvalue weighted by Gasteiger charge is -2.36. The maximum atomic E-state index is 6.20. The standard InChI is InChI=1S/C18H23N5OS/c1-24-13-7-17-15(8-18(20)25-17)23(11-13)16-9-21-5-4-14(16)22-6-2-3-12(19)10-22/h4-5,7-9,11-12,18H,2-3,6,10,19-20H2,1H3/t12-,18?/m1/s1. The van der Waals surface area contributed by atoms with Crippen LogP contribution in [0.5, 0.6) is 0 Å². The monoisotopic (exact) mass is 357 g/mol. The number of nitrogens with zero attached hydrogens (tertiary/aromatic N) is 3. The van der Waals surface area contributed by atoms with Crippen molar-refractivity contribution in [1.82, 2.24) is 4.98 Å². The number of fused-ring (bicyclic) bond motifs is 1. The summed E-state index contributed by atoms with van der Waals surface area (Å²) in [5.74, 6) is 0.805. The van der Waals surface area contributed by atoms with Gasteiger partial charge in [0.2, 0.25) is 0 Å². The van der Waals surface area contributed by atoms with Crippen LogP contribution in [0.4, 0.5) is 11.4 Å². The van der Waals surface area contributed by atoms with Gasteiger partial charge in [-0.1, -0.05) is 0 Å². The number of nitrogens with two attached hydrogens (primary N) is 2. The zero-order chi connectivity index (χ0) is 17.4. The molecule has 3 aliphatic rings. The number of pyridine rings is 1. The molecule has 1 unspecified atom stereocenters. The number of aromatic nitrogens is 1. The third-order valence-electron chi connectivity index (χ3n) is 4.70. The lowest BCUT2D eigenvalue weighted by atomic mass is 10.1. The Morgan fingerprint density at radius 1 is 1.32 bits per heavy atom. The SMILES string of the molecule is COC1=CN(c2cnccc2N2CCC[C@@H](N)C2)C2=CC(N)SC2=C1. The van der Waals surface area contributed by atoms with E-state index < -0.39 is 0 Å². The largest absolute Gasteiger partial charge is 0.495 e. The van der Waals surface area contributed by atoms with Crippen molar-refractivity contribution >= 4 is 23.1 Å². The molecule has 4 heterocycles. The first-order chi connectivity index (χ1) is 12.2. The molecule has 4 rings (SSSR count). The van der Waals surface area contributed by atoms with Crippen LogP contribution >= 0.6 is 11.8 Å². The van der Waals surface area contributed by atoms with E-state index in [4.69, 9.17) is 16.2 Å². The second-order valence-corrected chi connectivity index (χ2v) is 7.68. The molecule has 0 aliphatic carbocycles. The fourth-order valence-electron chi connectivity index (χ4n) is 3.52. The van der Waals surface area contributed by atoms with Crippen LogP contribution in [-0.4, -0.2) is 36.6 Å². The molecular formula is C18H23N5OS. The molecule has 6 nitrogen and oxygen atoms in total. The average Bonchev–Trinajstić information content (AvgIpc) is 3.01. The number of piperidine rings is 1. The van der Waals surface area contributed by atoms with Crippen LogP contribution in [0.3, 0.4) is 0 Å². The smallest absolute Gasteiger partial charge is 0.136 e. The van der Waals surface area contributed by atoms with Crippen molar-refractivity contribution in [3.05, 3.63) is 53.2 Å². The fraction of sp³-hybridized carbons (Fsp3) is 0.389. The Morgan fingerprint density at radius 3 is 3.00 bits per heavy atom. The van der Waals surface area contributed by atoms with E-state index in [1.807, 2.05) is 24.7 Å². The summed E-state index contributed by atoms with van der Waals surface area (Å²) in [4.78, 5) is 9.97. The number of methoxy groups -OCH3 is 1. The van der Waals surface area contributed by atoms with Crippen molar-refractivity contribution in [3.8, 4) is 0 Å². The van der Waals surface area contributed by atoms with Crippen molar-refractivity contribution < 1.29 is 4.74 Å². The van der Waals surface area contributed by atoms with E-state index in [9.17, 15) is 0 Å². The molecule has 0 saturated carbocycles. The van der Waals surface area contributed by atoms with Crippen molar-refractivity contribution in [2.24, 2.45) is 11.5 Å². The average molecular weight is 357 g/mol. The van der Waals surface area contributed by atoms with E-state index in [-0.39, 0.29) is 11.4 Å². The van der Waals surface area contributed by atoms with Crippen molar-refractivity contribution in [2.75, 3.05) is 30.0 Å². The van der Waals surface area contributed by atoms with E-state index >= 15 is 0 Å². The quantitative estimate of drug-likeness (QED) is 0.857. The Balaban J connectivity index is 1.75. The van der Waals surface area contributed by atoms with Gasteiger partial charge in [-0.3, -0.25) is 4.98 Å². The first-order valence-electron chi connectivity index (χ1n) is 8.51. The van der Waals surface area contributed by atoms with Gasteiger partial charge in [0.15, 0.2) is 0 Å². The third-order valence-corrected chi connectivity index (χ3v) is 5.69. The molecule has 1 aromatic heterocycles. The van der Waals surface area contributed by atoms with E-state index in [2.05, 4.69) is 26.9 Å². The summed E-state index contributed by atoms with van der Waals surface area (Å²) in [6.45, 7) is 1.87. The van der Waals surface area contributed by atoms with Crippen LogP contribution in [0.1, 0.15) is 12.8 Å². The summed E-state index contributed by atoms with van der Waals surface area (Å²) in [7, 11) is 1.68. The molecule has 25 heavy (non-hydrogen) atoms. The van der Waals surface area contributed by atoms with Gasteiger partial charge in [0, 0.05) is 30.2 Å². The summed E-state index contributed by atoms with van der Waals surface area (Å²) in [6, 6.07) is 2.28. The highest BCUT2D eigenvalue weighted by Gasteiger charge is 2.30. The molecule has 2 atom stereocenters. The van der Waals surface area contributed by atoms with Gasteiger partial charge >= 0.3 is 0 Å². The number of anilines is 2. The normalized spacial score (nSPS) is 26.0. The van der Waals surface area contributed by atoms with Crippen LogP contribution in [-0.2, 0) is 4.74 Å². The van der Waals surface area contributed by atoms with Crippen LogP contribution in [0.25, 0.3) is 0 Å². The van der Waals surface area contributed by atoms with Gasteiger partial charge in [0.1, 0.15) is 5.76 Å². The van der Waals surface area contributed by atoms with Crippen LogP contribution in [0, 0.1) is 0 Å². The van der Waals surface area contributed by atoms with Gasteiger partial charge in [-0.15, -0.1) is 11.8 Å². The summed E-state index contributed by atoms with van der Waals surface area (Å²) in [5.41, 5.74) is 15.6. The molecule has 0 aromatic carbocycles. The van der Waals surface area contributed by atoms with E-state index in [1.165, 1.54) is 0 Å². The van der Waals surface area contributed by atoms with Crippen LogP contribution < -0.4 is 21.3 Å². The Hall–Kier alpha value is -1.96.